The molecule has 0 atom stereocenters. The van der Waals surface area contributed by atoms with Crippen LogP contribution in [-0.2, 0) is 16.2 Å². The highest BCUT2D eigenvalue weighted by Crippen LogP contribution is 2.64. The summed E-state index contributed by atoms with van der Waals surface area (Å²) in [5.41, 5.74) is 27.1. The Kier molecular flexibility index (Phi) is 7.73. The largest absolute Gasteiger partial charge is 0.455 e. The van der Waals surface area contributed by atoms with Crippen molar-refractivity contribution in [2.45, 2.75) is 71.6 Å². The van der Waals surface area contributed by atoms with E-state index in [0.717, 1.165) is 50.2 Å². The second kappa shape index (κ2) is 13.3. The number of aryl methyl sites for hydroxylation is 2. The first-order valence-corrected chi connectivity index (χ1v) is 24.2. The summed E-state index contributed by atoms with van der Waals surface area (Å²) in [5.74, 6) is 0. The predicted octanol–water partition coefficient (Wildman–Crippen LogP) is 18.2. The van der Waals surface area contributed by atoms with Crippen molar-refractivity contribution >= 4 is 60.9 Å². The van der Waals surface area contributed by atoms with Gasteiger partial charge in [-0.15, -0.1) is 0 Å². The molecule has 2 heterocycles. The number of furan rings is 2. The first-order chi connectivity index (χ1) is 32.9. The zero-order valence-corrected chi connectivity index (χ0v) is 39.9. The van der Waals surface area contributed by atoms with Gasteiger partial charge in [0.15, 0.2) is 0 Å². The summed E-state index contributed by atoms with van der Waals surface area (Å²) in [6.07, 6.45) is 0. The molecule has 11 aromatic rings. The molecule has 14 rings (SSSR count). The highest BCUT2D eigenvalue weighted by Gasteiger charge is 2.49. The standard InChI is InChI=1S/C65H51NO2/c1-36-19-18-20-37(2)60(36)66(39-29-31-42-48(33-39)63(3,4)50-35-46(38-21-10-9-11-22-38)61-55(53(42)50)44-24-13-16-27-51(44)67-61)40-30-32-43-49(34-40)65(7,8)58-54(43)56-45-25-14-17-28-52(45)68-62(56)57-41-23-12-15-26-47(41)64(5,6)59(57)58/h9-35H,1-8H3. The molecule has 0 saturated heterocycles. The molecule has 3 nitrogen and oxygen atoms in total. The van der Waals surface area contributed by atoms with Crippen LogP contribution in [0.5, 0.6) is 0 Å². The van der Waals surface area contributed by atoms with Crippen molar-refractivity contribution in [1.82, 2.24) is 0 Å². The quantitative estimate of drug-likeness (QED) is 0.176. The third kappa shape index (κ3) is 4.93. The third-order valence-electron chi connectivity index (χ3n) is 16.4. The molecule has 0 fully saturated rings. The summed E-state index contributed by atoms with van der Waals surface area (Å²) < 4.78 is 13.8. The Balaban J connectivity index is 1.00. The van der Waals surface area contributed by atoms with Crippen molar-refractivity contribution in [3.63, 3.8) is 0 Å². The van der Waals surface area contributed by atoms with Crippen LogP contribution in [0.2, 0.25) is 0 Å². The number of hydrogen-bond donors (Lipinski definition) is 0. The molecule has 0 amide bonds. The van der Waals surface area contributed by atoms with E-state index in [1.807, 2.05) is 0 Å². The lowest BCUT2D eigenvalue weighted by molar-refractivity contribution is 0.600. The summed E-state index contributed by atoms with van der Waals surface area (Å²) >= 11 is 0. The zero-order chi connectivity index (χ0) is 46.2. The summed E-state index contributed by atoms with van der Waals surface area (Å²) in [6, 6.07) is 60.5. The molecule has 0 N–H and O–H groups in total. The van der Waals surface area contributed by atoms with E-state index in [1.54, 1.807) is 0 Å². The van der Waals surface area contributed by atoms with Crippen molar-refractivity contribution in [1.29, 1.82) is 0 Å². The Labute approximate surface area is 397 Å². The van der Waals surface area contributed by atoms with Gasteiger partial charge >= 0.3 is 0 Å². The molecule has 0 unspecified atom stereocenters. The van der Waals surface area contributed by atoms with Crippen LogP contribution in [0.3, 0.4) is 0 Å². The number of hydrogen-bond acceptors (Lipinski definition) is 3. The molecule has 68 heavy (non-hydrogen) atoms. The fourth-order valence-electron chi connectivity index (χ4n) is 13.3. The zero-order valence-electron chi connectivity index (χ0n) is 39.9. The van der Waals surface area contributed by atoms with Gasteiger partial charge in [0.05, 0.1) is 5.69 Å². The van der Waals surface area contributed by atoms with E-state index in [9.17, 15) is 0 Å². The molecule has 9 aromatic carbocycles. The molecule has 3 aliphatic rings. The Bertz CT molecular complexity index is 4000. The summed E-state index contributed by atoms with van der Waals surface area (Å²) in [6.45, 7) is 19.1. The van der Waals surface area contributed by atoms with E-state index in [1.165, 1.54) is 99.7 Å². The molecule has 0 bridgehead atoms. The van der Waals surface area contributed by atoms with Gasteiger partial charge in [0.25, 0.3) is 0 Å². The topological polar surface area (TPSA) is 29.5 Å². The van der Waals surface area contributed by atoms with Crippen molar-refractivity contribution in [2.75, 3.05) is 4.90 Å². The monoisotopic (exact) mass is 877 g/mol. The molecule has 0 spiro atoms. The highest BCUT2D eigenvalue weighted by molar-refractivity contribution is 6.21. The smallest absolute Gasteiger partial charge is 0.144 e. The van der Waals surface area contributed by atoms with Crippen LogP contribution >= 0.6 is 0 Å². The fourth-order valence-corrected chi connectivity index (χ4v) is 13.3. The maximum atomic E-state index is 6.99. The molecular weight excluding hydrogens is 827 g/mol. The van der Waals surface area contributed by atoms with Crippen LogP contribution in [0.25, 0.3) is 88.4 Å². The number of anilines is 3. The van der Waals surface area contributed by atoms with Gasteiger partial charge in [-0.2, -0.15) is 0 Å². The van der Waals surface area contributed by atoms with E-state index in [-0.39, 0.29) is 16.2 Å². The Hall–Kier alpha value is -7.62. The average Bonchev–Trinajstić information content (AvgIpc) is 4.09. The highest BCUT2D eigenvalue weighted by atomic mass is 16.3. The van der Waals surface area contributed by atoms with Crippen LogP contribution in [0, 0.1) is 13.8 Å². The lowest BCUT2D eigenvalue weighted by atomic mass is 9.72. The van der Waals surface area contributed by atoms with Gasteiger partial charge in [-0.3, -0.25) is 0 Å². The van der Waals surface area contributed by atoms with Gasteiger partial charge in [-0.1, -0.05) is 163 Å². The van der Waals surface area contributed by atoms with E-state index < -0.39 is 0 Å². The molecule has 328 valence electrons. The fraction of sp³-hybridized carbons (Fsp3) is 0.169. The average molecular weight is 878 g/mol. The summed E-state index contributed by atoms with van der Waals surface area (Å²) in [5, 5.41) is 4.75. The lowest BCUT2D eigenvalue weighted by Gasteiger charge is -2.32. The molecular formula is C65H51NO2. The lowest BCUT2D eigenvalue weighted by Crippen LogP contribution is -2.24. The first-order valence-electron chi connectivity index (χ1n) is 24.2. The van der Waals surface area contributed by atoms with Crippen molar-refractivity contribution < 1.29 is 8.83 Å². The summed E-state index contributed by atoms with van der Waals surface area (Å²) in [4.78, 5) is 2.54. The number of rotatable bonds is 4. The van der Waals surface area contributed by atoms with Gasteiger partial charge in [-0.25, -0.2) is 0 Å². The minimum atomic E-state index is -0.320. The van der Waals surface area contributed by atoms with Gasteiger partial charge in [0, 0.05) is 60.3 Å². The minimum absolute atomic E-state index is 0.222. The van der Waals surface area contributed by atoms with Gasteiger partial charge in [0.2, 0.25) is 0 Å². The number of para-hydroxylation sites is 3. The number of benzene rings is 9. The number of nitrogens with zero attached hydrogens (tertiary/aromatic N) is 1. The maximum Gasteiger partial charge on any atom is 0.144 e. The predicted molar refractivity (Wildman–Crippen MR) is 283 cm³/mol. The Morgan fingerprint density at radius 1 is 0.382 bits per heavy atom. The van der Waals surface area contributed by atoms with E-state index in [0.29, 0.717) is 0 Å². The Morgan fingerprint density at radius 2 is 0.897 bits per heavy atom. The van der Waals surface area contributed by atoms with Crippen LogP contribution < -0.4 is 4.90 Å². The molecule has 0 radical (unpaired) electrons. The van der Waals surface area contributed by atoms with E-state index in [2.05, 4.69) is 224 Å². The van der Waals surface area contributed by atoms with Gasteiger partial charge in [-0.05, 0) is 134 Å². The minimum Gasteiger partial charge on any atom is -0.455 e. The summed E-state index contributed by atoms with van der Waals surface area (Å²) in [7, 11) is 0. The van der Waals surface area contributed by atoms with Crippen LogP contribution in [-0.4, -0.2) is 0 Å². The van der Waals surface area contributed by atoms with Crippen molar-refractivity contribution in [3.05, 3.63) is 208 Å². The molecule has 2 aromatic heterocycles. The molecule has 0 saturated carbocycles. The molecule has 3 aliphatic carbocycles. The van der Waals surface area contributed by atoms with Crippen molar-refractivity contribution in [2.24, 2.45) is 0 Å². The normalized spacial score (nSPS) is 15.4. The second-order valence-corrected chi connectivity index (χ2v) is 21.3. The maximum absolute atomic E-state index is 6.99. The Morgan fingerprint density at radius 3 is 1.57 bits per heavy atom. The van der Waals surface area contributed by atoms with Crippen LogP contribution in [0.1, 0.15) is 86.1 Å². The third-order valence-corrected chi connectivity index (χ3v) is 16.4. The first kappa shape index (κ1) is 39.5. The number of fused-ring (bicyclic) bond motifs is 19. The molecule has 0 aliphatic heterocycles. The van der Waals surface area contributed by atoms with E-state index >= 15 is 0 Å². The molecule has 3 heteroatoms. The van der Waals surface area contributed by atoms with Gasteiger partial charge < -0.3 is 13.7 Å². The van der Waals surface area contributed by atoms with Gasteiger partial charge in [0.1, 0.15) is 22.3 Å². The second-order valence-electron chi connectivity index (χ2n) is 21.3. The van der Waals surface area contributed by atoms with Crippen LogP contribution in [0.4, 0.5) is 17.1 Å². The van der Waals surface area contributed by atoms with Crippen LogP contribution in [0.15, 0.2) is 173 Å². The van der Waals surface area contributed by atoms with E-state index in [4.69, 9.17) is 8.83 Å². The SMILES string of the molecule is Cc1cccc(C)c1N(c1ccc2c(c1)C(C)(C)c1cc(-c3ccccc3)c3oc4ccccc4c3c1-2)c1ccc2c(c1)C(C)(C)c1c3c(c4oc5ccccc5c4c1-2)-c1ccccc1C3(C)C. The van der Waals surface area contributed by atoms with Crippen molar-refractivity contribution in [3.8, 4) is 44.5 Å².